The molecule has 1 rings (SSSR count). The molecule has 0 radical (unpaired) electrons. The zero-order valence-corrected chi connectivity index (χ0v) is 11.5. The summed E-state index contributed by atoms with van der Waals surface area (Å²) < 4.78 is 5.05. The molecule has 0 bridgehead atoms. The molecule has 4 N–H and O–H groups in total. The number of rotatable bonds is 3. The van der Waals surface area contributed by atoms with Crippen LogP contribution >= 0.6 is 0 Å². The second-order valence-electron chi connectivity index (χ2n) is 5.20. The van der Waals surface area contributed by atoms with Crippen molar-refractivity contribution in [2.75, 3.05) is 0 Å². The van der Waals surface area contributed by atoms with Crippen molar-refractivity contribution in [2.45, 2.75) is 39.3 Å². The number of hydrazine groups is 1. The Labute approximate surface area is 112 Å². The SMILES string of the molecule is CC(NNC(=O)OC(C)(C)C)c1c(O)cccc1O. The van der Waals surface area contributed by atoms with Crippen molar-refractivity contribution in [2.24, 2.45) is 0 Å². The Bertz CT molecular complexity index is 434. The molecular formula is C13H20N2O4. The fraction of sp³-hybridized carbons (Fsp3) is 0.462. The summed E-state index contributed by atoms with van der Waals surface area (Å²) in [6, 6.07) is 3.97. The third-order valence-electron chi connectivity index (χ3n) is 2.28. The van der Waals surface area contributed by atoms with E-state index in [1.54, 1.807) is 27.7 Å². The molecule has 0 aromatic heterocycles. The number of phenols is 2. The molecule has 1 aromatic rings. The van der Waals surface area contributed by atoms with Crippen molar-refractivity contribution in [3.8, 4) is 11.5 Å². The number of phenolic OH excluding ortho intramolecular Hbond substituents is 2. The summed E-state index contributed by atoms with van der Waals surface area (Å²) in [5, 5.41) is 19.3. The van der Waals surface area contributed by atoms with Crippen LogP contribution < -0.4 is 10.9 Å². The molecule has 19 heavy (non-hydrogen) atoms. The molecule has 0 spiro atoms. The van der Waals surface area contributed by atoms with Crippen molar-refractivity contribution >= 4 is 6.09 Å². The number of carbonyl (C=O) groups excluding carboxylic acids is 1. The smallest absolute Gasteiger partial charge is 0.422 e. The highest BCUT2D eigenvalue weighted by atomic mass is 16.6. The van der Waals surface area contributed by atoms with E-state index in [0.717, 1.165) is 0 Å². The number of hydrogen-bond acceptors (Lipinski definition) is 5. The first-order valence-electron chi connectivity index (χ1n) is 5.96. The Hall–Kier alpha value is -1.95. The van der Waals surface area contributed by atoms with E-state index in [-0.39, 0.29) is 11.5 Å². The van der Waals surface area contributed by atoms with Crippen LogP contribution in [-0.4, -0.2) is 21.9 Å². The third-order valence-corrected chi connectivity index (χ3v) is 2.28. The number of carbonyl (C=O) groups is 1. The van der Waals surface area contributed by atoms with Crippen LogP contribution in [0.2, 0.25) is 0 Å². The maximum atomic E-state index is 11.4. The second kappa shape index (κ2) is 5.79. The van der Waals surface area contributed by atoms with Crippen LogP contribution in [-0.2, 0) is 4.74 Å². The van der Waals surface area contributed by atoms with E-state index in [4.69, 9.17) is 4.74 Å². The quantitative estimate of drug-likeness (QED) is 0.631. The summed E-state index contributed by atoms with van der Waals surface area (Å²) in [7, 11) is 0. The lowest BCUT2D eigenvalue weighted by atomic mass is 10.1. The minimum atomic E-state index is -0.630. The molecule has 0 aliphatic rings. The Morgan fingerprint density at radius 2 is 1.79 bits per heavy atom. The normalized spacial score (nSPS) is 12.8. The van der Waals surface area contributed by atoms with Crippen LogP contribution in [0.15, 0.2) is 18.2 Å². The molecule has 0 saturated heterocycles. The van der Waals surface area contributed by atoms with Crippen LogP contribution in [0.5, 0.6) is 11.5 Å². The van der Waals surface area contributed by atoms with Gasteiger partial charge in [0, 0.05) is 0 Å². The van der Waals surface area contributed by atoms with Crippen molar-refractivity contribution in [3.05, 3.63) is 23.8 Å². The van der Waals surface area contributed by atoms with Gasteiger partial charge >= 0.3 is 6.09 Å². The second-order valence-corrected chi connectivity index (χ2v) is 5.20. The van der Waals surface area contributed by atoms with Gasteiger partial charge in [-0.3, -0.25) is 5.43 Å². The minimum absolute atomic E-state index is 0.0500. The van der Waals surface area contributed by atoms with Gasteiger partial charge in [-0.05, 0) is 39.8 Å². The molecule has 106 valence electrons. The van der Waals surface area contributed by atoms with E-state index in [2.05, 4.69) is 10.9 Å². The summed E-state index contributed by atoms with van der Waals surface area (Å²) in [6.07, 6.45) is -0.630. The van der Waals surface area contributed by atoms with Gasteiger partial charge in [0.05, 0.1) is 11.6 Å². The van der Waals surface area contributed by atoms with Crippen molar-refractivity contribution in [3.63, 3.8) is 0 Å². The number of amides is 1. The predicted molar refractivity (Wildman–Crippen MR) is 70.7 cm³/mol. The highest BCUT2D eigenvalue weighted by Gasteiger charge is 2.18. The third kappa shape index (κ3) is 4.67. The molecule has 0 fully saturated rings. The fourth-order valence-electron chi connectivity index (χ4n) is 1.53. The van der Waals surface area contributed by atoms with Crippen molar-refractivity contribution in [1.29, 1.82) is 0 Å². The average Bonchev–Trinajstić information content (AvgIpc) is 2.23. The van der Waals surface area contributed by atoms with E-state index in [9.17, 15) is 15.0 Å². The predicted octanol–water partition coefficient (Wildman–Crippen LogP) is 2.19. The molecular weight excluding hydrogens is 248 g/mol. The molecule has 6 nitrogen and oxygen atoms in total. The zero-order chi connectivity index (χ0) is 14.6. The Morgan fingerprint density at radius 3 is 2.26 bits per heavy atom. The van der Waals surface area contributed by atoms with Gasteiger partial charge in [-0.1, -0.05) is 6.07 Å². The Balaban J connectivity index is 2.61. The van der Waals surface area contributed by atoms with Crippen molar-refractivity contribution < 1.29 is 19.7 Å². The molecule has 6 heteroatoms. The minimum Gasteiger partial charge on any atom is -0.507 e. The molecule has 0 heterocycles. The fourth-order valence-corrected chi connectivity index (χ4v) is 1.53. The van der Waals surface area contributed by atoms with Gasteiger partial charge in [-0.2, -0.15) is 0 Å². The van der Waals surface area contributed by atoms with Gasteiger partial charge in [-0.25, -0.2) is 10.2 Å². The Morgan fingerprint density at radius 1 is 1.26 bits per heavy atom. The highest BCUT2D eigenvalue weighted by Crippen LogP contribution is 2.31. The monoisotopic (exact) mass is 268 g/mol. The van der Waals surface area contributed by atoms with E-state index in [0.29, 0.717) is 5.56 Å². The molecule has 0 aliphatic heterocycles. The molecule has 0 aliphatic carbocycles. The largest absolute Gasteiger partial charge is 0.507 e. The summed E-state index contributed by atoms with van der Waals surface area (Å²) in [4.78, 5) is 11.4. The maximum Gasteiger partial charge on any atom is 0.422 e. The van der Waals surface area contributed by atoms with E-state index < -0.39 is 17.7 Å². The number of hydrogen-bond donors (Lipinski definition) is 4. The van der Waals surface area contributed by atoms with Gasteiger partial charge in [0.15, 0.2) is 0 Å². The van der Waals surface area contributed by atoms with Gasteiger partial charge in [0.2, 0.25) is 0 Å². The van der Waals surface area contributed by atoms with E-state index >= 15 is 0 Å². The lowest BCUT2D eigenvalue weighted by Crippen LogP contribution is -2.42. The van der Waals surface area contributed by atoms with Gasteiger partial charge in [-0.15, -0.1) is 0 Å². The molecule has 1 aromatic carbocycles. The molecule has 1 unspecified atom stereocenters. The van der Waals surface area contributed by atoms with E-state index in [1.165, 1.54) is 18.2 Å². The van der Waals surface area contributed by atoms with Crippen molar-refractivity contribution in [1.82, 2.24) is 10.9 Å². The van der Waals surface area contributed by atoms with Crippen LogP contribution in [0.3, 0.4) is 0 Å². The first-order chi connectivity index (χ1) is 8.70. The topological polar surface area (TPSA) is 90.8 Å². The lowest BCUT2D eigenvalue weighted by Gasteiger charge is -2.22. The van der Waals surface area contributed by atoms with Gasteiger partial charge in [0.25, 0.3) is 0 Å². The number of ether oxygens (including phenoxy) is 1. The molecule has 1 amide bonds. The molecule has 0 saturated carbocycles. The summed E-state index contributed by atoms with van der Waals surface area (Å²) in [5.41, 5.74) is 4.73. The Kier molecular flexibility index (Phi) is 4.61. The first kappa shape index (κ1) is 15.1. The van der Waals surface area contributed by atoms with Crippen LogP contribution in [0, 0.1) is 0 Å². The average molecular weight is 268 g/mol. The standard InChI is InChI=1S/C13H20N2O4/c1-8(11-9(16)6-5-7-10(11)17)14-15-12(18)19-13(2,3)4/h5-8,14,16-17H,1-4H3,(H,15,18). The summed E-state index contributed by atoms with van der Waals surface area (Å²) in [6.45, 7) is 6.95. The number of nitrogens with one attached hydrogen (secondary N) is 2. The summed E-state index contributed by atoms with van der Waals surface area (Å²) in [5.74, 6) is -0.100. The van der Waals surface area contributed by atoms with Gasteiger partial charge < -0.3 is 14.9 Å². The zero-order valence-electron chi connectivity index (χ0n) is 11.5. The van der Waals surface area contributed by atoms with Crippen LogP contribution in [0.25, 0.3) is 0 Å². The number of aromatic hydroxyl groups is 2. The first-order valence-corrected chi connectivity index (χ1v) is 5.96. The van der Waals surface area contributed by atoms with Gasteiger partial charge in [0.1, 0.15) is 17.1 Å². The maximum absolute atomic E-state index is 11.4. The molecule has 1 atom stereocenters. The number of benzene rings is 1. The lowest BCUT2D eigenvalue weighted by molar-refractivity contribution is 0.0488. The highest BCUT2D eigenvalue weighted by molar-refractivity contribution is 5.67. The van der Waals surface area contributed by atoms with Crippen LogP contribution in [0.4, 0.5) is 4.79 Å². The summed E-state index contributed by atoms with van der Waals surface area (Å²) >= 11 is 0. The van der Waals surface area contributed by atoms with Crippen LogP contribution in [0.1, 0.15) is 39.3 Å². The van der Waals surface area contributed by atoms with E-state index in [1.807, 2.05) is 0 Å².